The van der Waals surface area contributed by atoms with Crippen LogP contribution in [0.5, 0.6) is 0 Å². The van der Waals surface area contributed by atoms with Gasteiger partial charge in [0.2, 0.25) is 0 Å². The molecule has 2 N–H and O–H groups in total. The number of hydrogen-bond donors (Lipinski definition) is 2. The van der Waals surface area contributed by atoms with Gasteiger partial charge in [0.05, 0.1) is 33.7 Å². The summed E-state index contributed by atoms with van der Waals surface area (Å²) in [5.74, 6) is -1.84. The fourth-order valence-electron chi connectivity index (χ4n) is 3.60. The Morgan fingerprint density at radius 3 is 2.86 bits per heavy atom. The third-order valence-corrected chi connectivity index (χ3v) is 6.70. The molecule has 0 radical (unpaired) electrons. The molecule has 2 heterocycles. The molecule has 1 aromatic rings. The van der Waals surface area contributed by atoms with Gasteiger partial charge in [-0.3, -0.25) is 10.1 Å². The summed E-state index contributed by atoms with van der Waals surface area (Å²) in [4.78, 5) is 23.4. The Labute approximate surface area is 161 Å². The van der Waals surface area contributed by atoms with Crippen molar-refractivity contribution in [3.63, 3.8) is 0 Å². The maximum absolute atomic E-state index is 12.9. The van der Waals surface area contributed by atoms with Crippen LogP contribution in [0.3, 0.4) is 0 Å². The number of nitro benzene ring substituents is 1. The van der Waals surface area contributed by atoms with Crippen molar-refractivity contribution >= 4 is 21.5 Å². The minimum atomic E-state index is -3.67. The van der Waals surface area contributed by atoms with Gasteiger partial charge in [-0.2, -0.15) is 0 Å². The predicted octanol–water partition coefficient (Wildman–Crippen LogP) is 1.51. The topological polar surface area (TPSA) is 136 Å². The average molecular weight is 408 g/mol. The maximum atomic E-state index is 12.9. The van der Waals surface area contributed by atoms with E-state index in [1.165, 1.54) is 18.2 Å². The molecule has 1 atom stereocenters. The first kappa shape index (κ1) is 20.0. The molecular formula is C18H20N2O7S. The van der Waals surface area contributed by atoms with Crippen molar-refractivity contribution < 1.29 is 28.0 Å². The van der Waals surface area contributed by atoms with Crippen LogP contribution in [0.1, 0.15) is 31.2 Å². The summed E-state index contributed by atoms with van der Waals surface area (Å²) < 4.78 is 30.8. The second kappa shape index (κ2) is 7.72. The van der Waals surface area contributed by atoms with Gasteiger partial charge in [-0.05, 0) is 25.3 Å². The molecule has 0 saturated heterocycles. The van der Waals surface area contributed by atoms with E-state index < -0.39 is 26.6 Å². The van der Waals surface area contributed by atoms with Crippen LogP contribution in [-0.4, -0.2) is 43.4 Å². The van der Waals surface area contributed by atoms with E-state index in [0.29, 0.717) is 29.8 Å². The first-order chi connectivity index (χ1) is 13.3. The first-order valence-corrected chi connectivity index (χ1v) is 10.4. The van der Waals surface area contributed by atoms with Crippen LogP contribution in [0.15, 0.2) is 46.1 Å². The van der Waals surface area contributed by atoms with Crippen LogP contribution in [0.4, 0.5) is 5.69 Å². The molecule has 0 saturated carbocycles. The van der Waals surface area contributed by atoms with Crippen molar-refractivity contribution in [2.75, 3.05) is 19.0 Å². The highest BCUT2D eigenvalue weighted by Crippen LogP contribution is 2.44. The normalized spacial score (nSPS) is 21.0. The summed E-state index contributed by atoms with van der Waals surface area (Å²) in [6.45, 7) is 1.01. The fraction of sp³-hybridized carbons (Fsp3) is 0.389. The lowest BCUT2D eigenvalue weighted by molar-refractivity contribution is -0.384. The zero-order valence-corrected chi connectivity index (χ0v) is 16.0. The Morgan fingerprint density at radius 2 is 2.18 bits per heavy atom. The van der Waals surface area contributed by atoms with Gasteiger partial charge in [0.15, 0.2) is 9.84 Å². The van der Waals surface area contributed by atoms with Crippen LogP contribution in [-0.2, 0) is 19.4 Å². The molecule has 150 valence electrons. The number of ether oxygens (including phenoxy) is 1. The number of nitrogens with zero attached hydrogens (tertiary/aromatic N) is 1. The van der Waals surface area contributed by atoms with E-state index >= 15 is 0 Å². The molecule has 1 aromatic carbocycles. The van der Waals surface area contributed by atoms with E-state index in [2.05, 4.69) is 5.32 Å². The number of aliphatic hydroxyl groups excluding tert-OH is 1. The molecule has 2 aliphatic heterocycles. The average Bonchev–Trinajstić information content (AvgIpc) is 2.64. The molecule has 2 aliphatic rings. The minimum Gasteiger partial charge on any atom is -0.460 e. The van der Waals surface area contributed by atoms with Crippen LogP contribution < -0.4 is 5.32 Å². The molecule has 0 spiro atoms. The number of hydrogen-bond acceptors (Lipinski definition) is 8. The number of allylic oxidation sites excluding steroid dienone is 3. The molecule has 0 aromatic heterocycles. The van der Waals surface area contributed by atoms with Crippen molar-refractivity contribution in [1.29, 1.82) is 0 Å². The summed E-state index contributed by atoms with van der Waals surface area (Å²) >= 11 is 0. The molecule has 9 nitrogen and oxygen atoms in total. The molecule has 0 bridgehead atoms. The SMILES string of the molecule is CC1=C(C(=O)OCCO)C(c2cccc([N+](=O)[O-])c2)C2=C(CCCS2(=O)=O)N1. The molecule has 0 fully saturated rings. The smallest absolute Gasteiger partial charge is 0.336 e. The Morgan fingerprint density at radius 1 is 1.43 bits per heavy atom. The lowest BCUT2D eigenvalue weighted by atomic mass is 9.85. The third kappa shape index (κ3) is 3.65. The molecule has 0 aliphatic carbocycles. The van der Waals surface area contributed by atoms with E-state index in [9.17, 15) is 23.3 Å². The van der Waals surface area contributed by atoms with Gasteiger partial charge in [0.1, 0.15) is 6.61 Å². The summed E-state index contributed by atoms with van der Waals surface area (Å²) in [7, 11) is -3.67. The number of dihydropyridines is 1. The predicted molar refractivity (Wildman–Crippen MR) is 99.8 cm³/mol. The fourth-order valence-corrected chi connectivity index (χ4v) is 5.49. The molecule has 0 amide bonds. The summed E-state index contributed by atoms with van der Waals surface area (Å²) in [6.07, 6.45) is 0.948. The summed E-state index contributed by atoms with van der Waals surface area (Å²) in [5.41, 5.74) is 1.11. The van der Waals surface area contributed by atoms with Crippen molar-refractivity contribution in [2.45, 2.75) is 25.7 Å². The van der Waals surface area contributed by atoms with E-state index in [0.717, 1.165) is 0 Å². The highest BCUT2D eigenvalue weighted by atomic mass is 32.2. The van der Waals surface area contributed by atoms with Gasteiger partial charge >= 0.3 is 5.97 Å². The number of carbonyl (C=O) groups is 1. The molecule has 28 heavy (non-hydrogen) atoms. The van der Waals surface area contributed by atoms with Gasteiger partial charge in [-0.15, -0.1) is 0 Å². The number of carbonyl (C=O) groups excluding carboxylic acids is 1. The Kier molecular flexibility index (Phi) is 5.52. The highest BCUT2D eigenvalue weighted by molar-refractivity contribution is 7.95. The Bertz CT molecular complexity index is 995. The molecular weight excluding hydrogens is 388 g/mol. The first-order valence-electron chi connectivity index (χ1n) is 8.72. The number of aliphatic hydroxyl groups is 1. The van der Waals surface area contributed by atoms with Gasteiger partial charge in [-0.1, -0.05) is 12.1 Å². The Balaban J connectivity index is 2.21. The zero-order valence-electron chi connectivity index (χ0n) is 15.2. The van der Waals surface area contributed by atoms with Crippen LogP contribution >= 0.6 is 0 Å². The van der Waals surface area contributed by atoms with E-state index in [1.807, 2.05) is 0 Å². The van der Waals surface area contributed by atoms with Crippen molar-refractivity contribution in [2.24, 2.45) is 0 Å². The van der Waals surface area contributed by atoms with Crippen LogP contribution in [0, 0.1) is 10.1 Å². The zero-order chi connectivity index (χ0) is 20.5. The van der Waals surface area contributed by atoms with Crippen LogP contribution in [0.25, 0.3) is 0 Å². The van der Waals surface area contributed by atoms with Gasteiger partial charge in [0.25, 0.3) is 5.69 Å². The standard InChI is InChI=1S/C18H20N2O7S/c1-11-15(18(22)27-8-7-21)16(12-4-2-5-13(10-12)20(23)24)17-14(19-11)6-3-9-28(17,25)26/h2,4-5,10,16,19,21H,3,6-9H2,1H3. The number of benzene rings is 1. The summed E-state index contributed by atoms with van der Waals surface area (Å²) in [5, 5.41) is 23.1. The molecule has 1 unspecified atom stereocenters. The monoisotopic (exact) mass is 408 g/mol. The number of nitro groups is 1. The maximum Gasteiger partial charge on any atom is 0.336 e. The number of non-ortho nitro benzene ring substituents is 1. The second-order valence-corrected chi connectivity index (χ2v) is 8.65. The van der Waals surface area contributed by atoms with Gasteiger partial charge < -0.3 is 15.2 Å². The minimum absolute atomic E-state index is 0.0563. The number of rotatable bonds is 5. The third-order valence-electron chi connectivity index (χ3n) is 4.72. The molecule has 10 heteroatoms. The number of nitrogens with one attached hydrogen (secondary N) is 1. The quantitative estimate of drug-likeness (QED) is 0.425. The van der Waals surface area contributed by atoms with E-state index in [4.69, 9.17) is 9.84 Å². The lowest BCUT2D eigenvalue weighted by Crippen LogP contribution is -2.35. The van der Waals surface area contributed by atoms with E-state index in [1.54, 1.807) is 13.0 Å². The largest absolute Gasteiger partial charge is 0.460 e. The van der Waals surface area contributed by atoms with E-state index in [-0.39, 0.29) is 35.1 Å². The highest BCUT2D eigenvalue weighted by Gasteiger charge is 2.42. The lowest BCUT2D eigenvalue weighted by Gasteiger charge is -2.34. The number of sulfone groups is 1. The summed E-state index contributed by atoms with van der Waals surface area (Å²) in [6, 6.07) is 5.59. The van der Waals surface area contributed by atoms with Crippen molar-refractivity contribution in [3.8, 4) is 0 Å². The number of esters is 1. The molecule has 3 rings (SSSR count). The van der Waals surface area contributed by atoms with Crippen molar-refractivity contribution in [3.05, 3.63) is 61.8 Å². The van der Waals surface area contributed by atoms with Crippen LogP contribution in [0.2, 0.25) is 0 Å². The van der Waals surface area contributed by atoms with Crippen molar-refractivity contribution in [1.82, 2.24) is 5.32 Å². The van der Waals surface area contributed by atoms with Gasteiger partial charge in [-0.25, -0.2) is 13.2 Å². The Hall–Kier alpha value is -2.72. The second-order valence-electron chi connectivity index (χ2n) is 6.57. The van der Waals surface area contributed by atoms with Gasteiger partial charge in [0, 0.05) is 23.5 Å².